The molecule has 4 rings (SSSR count). The van der Waals surface area contributed by atoms with Crippen molar-refractivity contribution >= 4 is 21.7 Å². The normalized spacial score (nSPS) is 15.7. The second kappa shape index (κ2) is 8.61. The van der Waals surface area contributed by atoms with E-state index in [1.807, 2.05) is 0 Å². The van der Waals surface area contributed by atoms with Gasteiger partial charge in [0.05, 0.1) is 38.5 Å². The number of benzene rings is 2. The van der Waals surface area contributed by atoms with Crippen LogP contribution in [0.2, 0.25) is 0 Å². The Morgan fingerprint density at radius 2 is 1.52 bits per heavy atom. The third-order valence-corrected chi connectivity index (χ3v) is 5.50. The van der Waals surface area contributed by atoms with Crippen LogP contribution >= 0.6 is 0 Å². The molecule has 2 heterocycles. The van der Waals surface area contributed by atoms with Gasteiger partial charge in [-0.05, 0) is 12.1 Å². The smallest absolute Gasteiger partial charge is 0.213 e. The Labute approximate surface area is 171 Å². The molecule has 1 aliphatic heterocycles. The molecule has 0 saturated carbocycles. The lowest BCUT2D eigenvalue weighted by atomic mass is 10.1. The van der Waals surface area contributed by atoms with Gasteiger partial charge in [0.25, 0.3) is 0 Å². The zero-order valence-electron chi connectivity index (χ0n) is 14.8. The van der Waals surface area contributed by atoms with E-state index in [0.717, 1.165) is 6.54 Å². The van der Waals surface area contributed by atoms with E-state index in [0.29, 0.717) is 0 Å². The molecule has 0 unspecified atom stereocenters. The number of likely N-dealkylation sites (tertiary alicyclic amines) is 1. The van der Waals surface area contributed by atoms with Gasteiger partial charge in [0, 0.05) is 29.7 Å². The minimum Gasteiger partial charge on any atom is -1.00 e. The summed E-state index contributed by atoms with van der Waals surface area (Å²) in [7, 11) is 2.43. The molecule has 1 fully saturated rings. The van der Waals surface area contributed by atoms with Gasteiger partial charge in [-0.3, -0.25) is 0 Å². The maximum Gasteiger partial charge on any atom is 0.213 e. The van der Waals surface area contributed by atoms with Gasteiger partial charge in [0.15, 0.2) is 12.7 Å². The zero-order chi connectivity index (χ0) is 15.7. The van der Waals surface area contributed by atoms with Gasteiger partial charge in [-0.25, -0.2) is 0 Å². The van der Waals surface area contributed by atoms with Crippen LogP contribution < -0.4 is 38.5 Å². The highest BCUT2D eigenvalue weighted by atomic mass is 79.9. The number of pyridine rings is 1. The average molecular weight is 466 g/mol. The highest BCUT2D eigenvalue weighted by molar-refractivity contribution is 6.03. The van der Waals surface area contributed by atoms with Crippen molar-refractivity contribution in [2.45, 2.75) is 25.8 Å². The second-order valence-electron chi connectivity index (χ2n) is 7.28. The quantitative estimate of drug-likeness (QED) is 0.236. The van der Waals surface area contributed by atoms with Crippen LogP contribution in [0.15, 0.2) is 54.7 Å². The molecule has 1 aromatic heterocycles. The van der Waals surface area contributed by atoms with Crippen molar-refractivity contribution in [3.8, 4) is 0 Å². The summed E-state index contributed by atoms with van der Waals surface area (Å²) in [5, 5.41) is 4.07. The largest absolute Gasteiger partial charge is 1.00 e. The average Bonchev–Trinajstić information content (AvgIpc) is 3.02. The molecule has 134 valence electrons. The van der Waals surface area contributed by atoms with E-state index in [4.69, 9.17) is 0 Å². The van der Waals surface area contributed by atoms with Gasteiger partial charge in [-0.1, -0.05) is 30.3 Å². The number of fused-ring (bicyclic) bond motifs is 3. The van der Waals surface area contributed by atoms with E-state index in [-0.39, 0.29) is 34.0 Å². The van der Waals surface area contributed by atoms with Gasteiger partial charge >= 0.3 is 0 Å². The third kappa shape index (κ3) is 4.24. The first-order chi connectivity index (χ1) is 11.3. The van der Waals surface area contributed by atoms with Crippen LogP contribution in [0.25, 0.3) is 21.7 Å². The Bertz CT molecular complexity index is 842. The molecule has 0 aliphatic carbocycles. The number of nitrogens with zero attached hydrogens (tertiary/aromatic N) is 2. The van der Waals surface area contributed by atoms with Gasteiger partial charge in [-0.15, -0.1) is 0 Å². The summed E-state index contributed by atoms with van der Waals surface area (Å²) < 4.78 is 3.73. The number of hydrogen-bond acceptors (Lipinski definition) is 0. The standard InChI is InChI=1S/C21H26N2.2BrH/c1-23(14-6-7-15-23)16-8-13-22-17-18-9-2-3-10-19(18)20-11-4-5-12-21(20)22;;/h2-5,9-12,17H,6-8,13-16H2,1H3;2*1H/q+2;;/p-2. The zero-order valence-corrected chi connectivity index (χ0v) is 18.0. The molecule has 0 amide bonds. The topological polar surface area (TPSA) is 3.88 Å². The maximum absolute atomic E-state index is 2.46. The molecular weight excluding hydrogens is 440 g/mol. The van der Waals surface area contributed by atoms with Crippen LogP contribution in [-0.2, 0) is 6.54 Å². The van der Waals surface area contributed by atoms with Crippen molar-refractivity contribution in [1.29, 1.82) is 0 Å². The summed E-state index contributed by atoms with van der Waals surface area (Å²) in [5.41, 5.74) is 1.36. The highest BCUT2D eigenvalue weighted by Crippen LogP contribution is 2.22. The Morgan fingerprint density at radius 3 is 2.28 bits per heavy atom. The second-order valence-corrected chi connectivity index (χ2v) is 7.28. The minimum absolute atomic E-state index is 0. The fourth-order valence-corrected chi connectivity index (χ4v) is 4.17. The summed E-state index contributed by atoms with van der Waals surface area (Å²) in [5.74, 6) is 0. The Kier molecular flexibility index (Phi) is 7.01. The van der Waals surface area contributed by atoms with Crippen molar-refractivity contribution in [3.05, 3.63) is 54.7 Å². The molecule has 0 atom stereocenters. The van der Waals surface area contributed by atoms with E-state index in [1.54, 1.807) is 0 Å². The summed E-state index contributed by atoms with van der Waals surface area (Å²) in [6, 6.07) is 17.6. The number of aromatic nitrogens is 1. The number of halogens is 2. The SMILES string of the molecule is C[N+]1(CCC[n+]2cc3ccccc3c3ccccc32)CCCC1.[Br-].[Br-]. The molecule has 0 N–H and O–H groups in total. The molecule has 2 aromatic carbocycles. The fourth-order valence-electron chi connectivity index (χ4n) is 4.17. The van der Waals surface area contributed by atoms with E-state index in [9.17, 15) is 0 Å². The molecular formula is C21H26Br2N2. The molecule has 0 spiro atoms. The summed E-state index contributed by atoms with van der Waals surface area (Å²) in [6.45, 7) is 5.14. The lowest BCUT2D eigenvalue weighted by molar-refractivity contribution is -0.899. The van der Waals surface area contributed by atoms with Crippen LogP contribution in [0.4, 0.5) is 0 Å². The van der Waals surface area contributed by atoms with Crippen molar-refractivity contribution in [1.82, 2.24) is 0 Å². The van der Waals surface area contributed by atoms with Crippen LogP contribution in [0, 0.1) is 0 Å². The molecule has 1 saturated heterocycles. The number of para-hydroxylation sites is 1. The molecule has 4 heteroatoms. The van der Waals surface area contributed by atoms with Gasteiger partial charge in [0.2, 0.25) is 5.52 Å². The number of hydrogen-bond donors (Lipinski definition) is 0. The summed E-state index contributed by atoms with van der Waals surface area (Å²) in [6.07, 6.45) is 6.40. The monoisotopic (exact) mass is 464 g/mol. The van der Waals surface area contributed by atoms with Crippen molar-refractivity contribution in [3.63, 3.8) is 0 Å². The van der Waals surface area contributed by atoms with Crippen LogP contribution in [0.3, 0.4) is 0 Å². The highest BCUT2D eigenvalue weighted by Gasteiger charge is 2.26. The molecule has 2 nitrogen and oxygen atoms in total. The Hall–Kier alpha value is -0.970. The predicted octanol–water partition coefficient (Wildman–Crippen LogP) is -2.08. The number of quaternary nitrogens is 1. The maximum atomic E-state index is 2.46. The molecule has 3 aromatic rings. The van der Waals surface area contributed by atoms with Crippen LogP contribution in [-0.4, -0.2) is 31.2 Å². The molecule has 0 bridgehead atoms. The van der Waals surface area contributed by atoms with Crippen LogP contribution in [0.1, 0.15) is 19.3 Å². The first-order valence-corrected chi connectivity index (χ1v) is 8.89. The minimum atomic E-state index is 0. The van der Waals surface area contributed by atoms with E-state index in [2.05, 4.69) is 66.3 Å². The first kappa shape index (κ1) is 20.3. The van der Waals surface area contributed by atoms with Crippen LogP contribution in [0.5, 0.6) is 0 Å². The molecule has 25 heavy (non-hydrogen) atoms. The van der Waals surface area contributed by atoms with Crippen molar-refractivity contribution in [2.24, 2.45) is 0 Å². The lowest BCUT2D eigenvalue weighted by Crippen LogP contribution is -3.00. The van der Waals surface area contributed by atoms with Gasteiger partial charge in [0.1, 0.15) is 0 Å². The number of aryl methyl sites for hydroxylation is 1. The predicted molar refractivity (Wildman–Crippen MR) is 96.3 cm³/mol. The Morgan fingerprint density at radius 1 is 0.880 bits per heavy atom. The lowest BCUT2D eigenvalue weighted by Gasteiger charge is -2.28. The van der Waals surface area contributed by atoms with E-state index < -0.39 is 0 Å². The number of rotatable bonds is 4. The summed E-state index contributed by atoms with van der Waals surface area (Å²) in [4.78, 5) is 0. The van der Waals surface area contributed by atoms with Crippen molar-refractivity contribution < 1.29 is 43.0 Å². The van der Waals surface area contributed by atoms with Gasteiger partial charge < -0.3 is 38.4 Å². The molecule has 0 radical (unpaired) electrons. The van der Waals surface area contributed by atoms with E-state index >= 15 is 0 Å². The van der Waals surface area contributed by atoms with E-state index in [1.165, 1.54) is 65.1 Å². The Balaban J connectivity index is 0.00000113. The first-order valence-electron chi connectivity index (χ1n) is 8.89. The van der Waals surface area contributed by atoms with Gasteiger partial charge in [-0.2, -0.15) is 4.57 Å². The third-order valence-electron chi connectivity index (χ3n) is 5.50. The fraction of sp³-hybridized carbons (Fsp3) is 0.381. The molecule has 1 aliphatic rings. The summed E-state index contributed by atoms with van der Waals surface area (Å²) >= 11 is 0. The van der Waals surface area contributed by atoms with Crippen molar-refractivity contribution in [2.75, 3.05) is 26.7 Å².